The van der Waals surface area contributed by atoms with Crippen molar-refractivity contribution >= 4 is 11.8 Å². The van der Waals surface area contributed by atoms with E-state index in [1.54, 1.807) is 0 Å². The van der Waals surface area contributed by atoms with Crippen molar-refractivity contribution in [1.82, 2.24) is 4.98 Å². The molecule has 0 N–H and O–H groups in total. The third-order valence-corrected chi connectivity index (χ3v) is 4.51. The van der Waals surface area contributed by atoms with Gasteiger partial charge in [-0.2, -0.15) is 11.8 Å². The van der Waals surface area contributed by atoms with Gasteiger partial charge in [0.05, 0.1) is 11.8 Å². The van der Waals surface area contributed by atoms with Crippen LogP contribution in [0, 0.1) is 5.92 Å². The molecule has 0 aliphatic heterocycles. The first kappa shape index (κ1) is 17.4. The summed E-state index contributed by atoms with van der Waals surface area (Å²) in [5.74, 6) is 4.02. The van der Waals surface area contributed by atoms with Crippen molar-refractivity contribution in [3.8, 4) is 5.75 Å². The second-order valence-corrected chi connectivity index (χ2v) is 6.61. The van der Waals surface area contributed by atoms with Crippen molar-refractivity contribution in [3.05, 3.63) is 24.0 Å². The Labute approximate surface area is 128 Å². The summed E-state index contributed by atoms with van der Waals surface area (Å²) in [5.41, 5.74) is 1.12. The molecule has 0 aromatic carbocycles. The van der Waals surface area contributed by atoms with Crippen LogP contribution in [-0.4, -0.2) is 16.8 Å². The molecule has 3 heteroatoms. The smallest absolute Gasteiger partial charge is 0.123 e. The van der Waals surface area contributed by atoms with E-state index in [1.807, 2.05) is 24.0 Å². The Bertz CT molecular complexity index is 368. The first-order valence-electron chi connectivity index (χ1n) is 7.85. The molecule has 114 valence electrons. The van der Waals surface area contributed by atoms with Crippen LogP contribution >= 0.6 is 11.8 Å². The highest BCUT2D eigenvalue weighted by atomic mass is 32.2. The van der Waals surface area contributed by atoms with Crippen LogP contribution in [0.1, 0.15) is 59.1 Å². The number of aromatic nitrogens is 1. The van der Waals surface area contributed by atoms with Crippen molar-refractivity contribution in [2.75, 3.05) is 5.75 Å². The maximum atomic E-state index is 5.71. The molecular weight excluding hydrogens is 266 g/mol. The summed E-state index contributed by atoms with van der Waals surface area (Å²) in [5, 5.41) is 0. The molecular formula is C17H29NOS. The first-order valence-corrected chi connectivity index (χ1v) is 9.00. The molecule has 1 heterocycles. The third kappa shape index (κ3) is 7.18. The van der Waals surface area contributed by atoms with Gasteiger partial charge in [0, 0.05) is 18.0 Å². The van der Waals surface area contributed by atoms with Gasteiger partial charge in [0.25, 0.3) is 0 Å². The third-order valence-electron chi connectivity index (χ3n) is 3.31. The summed E-state index contributed by atoms with van der Waals surface area (Å²) in [4.78, 5) is 4.43. The van der Waals surface area contributed by atoms with E-state index in [4.69, 9.17) is 4.74 Å². The Morgan fingerprint density at radius 2 is 2.10 bits per heavy atom. The minimum absolute atomic E-state index is 0.219. The van der Waals surface area contributed by atoms with Crippen LogP contribution in [0.3, 0.4) is 0 Å². The average Bonchev–Trinajstić information content (AvgIpc) is 2.42. The summed E-state index contributed by atoms with van der Waals surface area (Å²) in [6.45, 7) is 8.67. The molecule has 20 heavy (non-hydrogen) atoms. The fourth-order valence-corrected chi connectivity index (χ4v) is 3.33. The molecule has 0 radical (unpaired) electrons. The number of unbranched alkanes of at least 4 members (excludes halogenated alkanes) is 1. The van der Waals surface area contributed by atoms with Gasteiger partial charge in [-0.15, -0.1) is 0 Å². The molecule has 1 atom stereocenters. The monoisotopic (exact) mass is 295 g/mol. The minimum Gasteiger partial charge on any atom is -0.491 e. The van der Waals surface area contributed by atoms with Gasteiger partial charge in [-0.05, 0) is 38.0 Å². The summed E-state index contributed by atoms with van der Waals surface area (Å²) >= 11 is 2.00. The lowest BCUT2D eigenvalue weighted by Gasteiger charge is -2.14. The molecule has 0 saturated heterocycles. The molecule has 1 unspecified atom stereocenters. The molecule has 0 saturated carbocycles. The summed E-state index contributed by atoms with van der Waals surface area (Å²) in [7, 11) is 0. The standard InChI is InChI=1S/C17H29NOS/c1-5-7-8-15(6-2)12-20-13-16-11-17(9-10-18-16)19-14(3)4/h9-11,14-15H,5-8,12-13H2,1-4H3. The minimum atomic E-state index is 0.219. The van der Waals surface area contributed by atoms with Gasteiger partial charge in [0.15, 0.2) is 0 Å². The van der Waals surface area contributed by atoms with Crippen LogP contribution < -0.4 is 4.74 Å². The highest BCUT2D eigenvalue weighted by molar-refractivity contribution is 7.98. The van der Waals surface area contributed by atoms with E-state index in [0.717, 1.165) is 23.1 Å². The molecule has 0 amide bonds. The lowest BCUT2D eigenvalue weighted by molar-refractivity contribution is 0.242. The molecule has 0 bridgehead atoms. The van der Waals surface area contributed by atoms with Gasteiger partial charge in [-0.3, -0.25) is 4.98 Å². The van der Waals surface area contributed by atoms with Crippen molar-refractivity contribution in [2.24, 2.45) is 5.92 Å². The second-order valence-electron chi connectivity index (χ2n) is 5.58. The van der Waals surface area contributed by atoms with Gasteiger partial charge in [-0.1, -0.05) is 33.1 Å². The molecule has 2 nitrogen and oxygen atoms in total. The van der Waals surface area contributed by atoms with Gasteiger partial charge in [0.2, 0.25) is 0 Å². The van der Waals surface area contributed by atoms with Crippen LogP contribution in [0.2, 0.25) is 0 Å². The Morgan fingerprint density at radius 1 is 1.30 bits per heavy atom. The number of thioether (sulfide) groups is 1. The zero-order chi connectivity index (χ0) is 14.8. The number of rotatable bonds is 10. The number of ether oxygens (including phenoxy) is 1. The molecule has 1 aromatic rings. The van der Waals surface area contributed by atoms with Gasteiger partial charge >= 0.3 is 0 Å². The fourth-order valence-electron chi connectivity index (χ4n) is 2.11. The molecule has 0 spiro atoms. The lowest BCUT2D eigenvalue weighted by atomic mass is 10.0. The molecule has 1 rings (SSSR count). The van der Waals surface area contributed by atoms with E-state index in [1.165, 1.54) is 31.4 Å². The Balaban J connectivity index is 2.37. The second kappa shape index (κ2) is 10.1. The highest BCUT2D eigenvalue weighted by Gasteiger charge is 2.07. The van der Waals surface area contributed by atoms with Crippen LogP contribution in [0.5, 0.6) is 5.75 Å². The van der Waals surface area contributed by atoms with E-state index in [9.17, 15) is 0 Å². The highest BCUT2D eigenvalue weighted by Crippen LogP contribution is 2.22. The maximum Gasteiger partial charge on any atom is 0.123 e. The van der Waals surface area contributed by atoms with Crippen molar-refractivity contribution in [2.45, 2.75) is 65.2 Å². The zero-order valence-electron chi connectivity index (χ0n) is 13.4. The van der Waals surface area contributed by atoms with Crippen LogP contribution in [-0.2, 0) is 5.75 Å². The van der Waals surface area contributed by atoms with Crippen molar-refractivity contribution in [1.29, 1.82) is 0 Å². The molecule has 0 fully saturated rings. The van der Waals surface area contributed by atoms with E-state index in [0.29, 0.717) is 0 Å². The predicted octanol–water partition coefficient (Wildman–Crippen LogP) is 5.32. The van der Waals surface area contributed by atoms with Crippen LogP contribution in [0.4, 0.5) is 0 Å². The van der Waals surface area contributed by atoms with Crippen molar-refractivity contribution < 1.29 is 4.74 Å². The summed E-state index contributed by atoms with van der Waals surface area (Å²) in [6, 6.07) is 4.00. The number of nitrogens with zero attached hydrogens (tertiary/aromatic N) is 1. The Morgan fingerprint density at radius 3 is 2.75 bits per heavy atom. The summed E-state index contributed by atoms with van der Waals surface area (Å²) < 4.78 is 5.71. The Hall–Kier alpha value is -0.700. The van der Waals surface area contributed by atoms with Gasteiger partial charge < -0.3 is 4.74 Å². The quantitative estimate of drug-likeness (QED) is 0.583. The van der Waals surface area contributed by atoms with E-state index >= 15 is 0 Å². The number of hydrogen-bond donors (Lipinski definition) is 0. The Kier molecular flexibility index (Phi) is 8.75. The zero-order valence-corrected chi connectivity index (χ0v) is 14.2. The molecule has 1 aromatic heterocycles. The van der Waals surface area contributed by atoms with E-state index in [-0.39, 0.29) is 6.10 Å². The SMILES string of the molecule is CCCCC(CC)CSCc1cc(OC(C)C)ccn1. The van der Waals surface area contributed by atoms with Crippen LogP contribution in [0.15, 0.2) is 18.3 Å². The molecule has 0 aliphatic rings. The average molecular weight is 295 g/mol. The molecule has 0 aliphatic carbocycles. The first-order chi connectivity index (χ1) is 9.65. The largest absolute Gasteiger partial charge is 0.491 e. The number of pyridine rings is 1. The number of hydrogen-bond acceptors (Lipinski definition) is 3. The van der Waals surface area contributed by atoms with Crippen molar-refractivity contribution in [3.63, 3.8) is 0 Å². The maximum absolute atomic E-state index is 5.71. The normalized spacial score (nSPS) is 12.7. The fraction of sp³-hybridized carbons (Fsp3) is 0.706. The predicted molar refractivity (Wildman–Crippen MR) is 89.5 cm³/mol. The summed E-state index contributed by atoms with van der Waals surface area (Å²) in [6.07, 6.45) is 7.38. The topological polar surface area (TPSA) is 22.1 Å². The lowest BCUT2D eigenvalue weighted by Crippen LogP contribution is -2.06. The van der Waals surface area contributed by atoms with Gasteiger partial charge in [0.1, 0.15) is 5.75 Å². The van der Waals surface area contributed by atoms with Gasteiger partial charge in [-0.25, -0.2) is 0 Å². The van der Waals surface area contributed by atoms with E-state index in [2.05, 4.69) is 38.7 Å². The van der Waals surface area contributed by atoms with Crippen LogP contribution in [0.25, 0.3) is 0 Å². The van der Waals surface area contributed by atoms with E-state index < -0.39 is 0 Å².